The lowest BCUT2D eigenvalue weighted by Crippen LogP contribution is -2.06. The molecule has 0 aliphatic heterocycles. The summed E-state index contributed by atoms with van der Waals surface area (Å²) in [5.41, 5.74) is 2.00. The molecule has 0 saturated carbocycles. The molecular formula is C16H14FNO. The van der Waals surface area contributed by atoms with Crippen molar-refractivity contribution < 1.29 is 9.13 Å². The molecule has 0 radical (unpaired) electrons. The van der Waals surface area contributed by atoms with E-state index in [1.165, 1.54) is 12.1 Å². The third-order valence-electron chi connectivity index (χ3n) is 2.62. The van der Waals surface area contributed by atoms with Crippen LogP contribution in [-0.2, 0) is 0 Å². The molecular weight excluding hydrogens is 241 g/mol. The number of nitriles is 1. The van der Waals surface area contributed by atoms with Crippen molar-refractivity contribution in [3.63, 3.8) is 0 Å². The average Bonchev–Trinajstić information content (AvgIpc) is 2.38. The van der Waals surface area contributed by atoms with Crippen molar-refractivity contribution in [2.24, 2.45) is 0 Å². The summed E-state index contributed by atoms with van der Waals surface area (Å²) in [7, 11) is 0. The van der Waals surface area contributed by atoms with E-state index in [1.807, 2.05) is 26.0 Å². The van der Waals surface area contributed by atoms with Crippen LogP contribution in [-0.4, -0.2) is 6.10 Å². The smallest absolute Gasteiger partial charge is 0.137 e. The molecule has 0 spiro atoms. The fourth-order valence-corrected chi connectivity index (χ4v) is 1.82. The molecule has 19 heavy (non-hydrogen) atoms. The first kappa shape index (κ1) is 13.1. The molecule has 0 unspecified atom stereocenters. The van der Waals surface area contributed by atoms with Crippen LogP contribution in [0, 0.1) is 17.1 Å². The SMILES string of the molecule is CC(C)Oc1ccc(-c2cccc(F)c2)cc1C#N. The predicted molar refractivity (Wildman–Crippen MR) is 72.3 cm³/mol. The first-order chi connectivity index (χ1) is 9.10. The molecule has 2 aromatic rings. The molecule has 3 heteroatoms. The number of hydrogen-bond acceptors (Lipinski definition) is 2. The van der Waals surface area contributed by atoms with Crippen molar-refractivity contribution in [2.75, 3.05) is 0 Å². The van der Waals surface area contributed by atoms with E-state index in [-0.39, 0.29) is 11.9 Å². The van der Waals surface area contributed by atoms with Gasteiger partial charge in [-0.15, -0.1) is 0 Å². The van der Waals surface area contributed by atoms with Gasteiger partial charge in [-0.05, 0) is 49.2 Å². The van der Waals surface area contributed by atoms with Crippen LogP contribution < -0.4 is 4.74 Å². The molecule has 0 N–H and O–H groups in total. The van der Waals surface area contributed by atoms with Gasteiger partial charge in [-0.1, -0.05) is 18.2 Å². The van der Waals surface area contributed by atoms with Crippen LogP contribution in [0.25, 0.3) is 11.1 Å². The van der Waals surface area contributed by atoms with Gasteiger partial charge < -0.3 is 4.74 Å². The van der Waals surface area contributed by atoms with Gasteiger partial charge in [-0.3, -0.25) is 0 Å². The number of hydrogen-bond donors (Lipinski definition) is 0. The van der Waals surface area contributed by atoms with E-state index in [1.54, 1.807) is 18.2 Å². The van der Waals surface area contributed by atoms with Crippen molar-refractivity contribution in [3.05, 3.63) is 53.8 Å². The van der Waals surface area contributed by atoms with Crippen LogP contribution in [0.2, 0.25) is 0 Å². The maximum absolute atomic E-state index is 13.2. The fraction of sp³-hybridized carbons (Fsp3) is 0.188. The Morgan fingerprint density at radius 3 is 2.47 bits per heavy atom. The number of halogens is 1. The van der Waals surface area contributed by atoms with Gasteiger partial charge in [0.25, 0.3) is 0 Å². The molecule has 0 fully saturated rings. The number of ether oxygens (including phenoxy) is 1. The van der Waals surface area contributed by atoms with Gasteiger partial charge in [0.05, 0.1) is 11.7 Å². The Bertz CT molecular complexity index is 629. The maximum Gasteiger partial charge on any atom is 0.137 e. The van der Waals surface area contributed by atoms with Crippen LogP contribution in [0.5, 0.6) is 5.75 Å². The largest absolute Gasteiger partial charge is 0.490 e. The molecule has 96 valence electrons. The summed E-state index contributed by atoms with van der Waals surface area (Å²) < 4.78 is 18.8. The van der Waals surface area contributed by atoms with E-state index in [0.717, 1.165) is 11.1 Å². The lowest BCUT2D eigenvalue weighted by atomic mass is 10.0. The van der Waals surface area contributed by atoms with Crippen molar-refractivity contribution in [3.8, 4) is 22.9 Å². The summed E-state index contributed by atoms with van der Waals surface area (Å²) in [6.07, 6.45) is 0.00659. The van der Waals surface area contributed by atoms with E-state index in [4.69, 9.17) is 10.00 Å². The second kappa shape index (κ2) is 5.53. The van der Waals surface area contributed by atoms with Crippen molar-refractivity contribution >= 4 is 0 Å². The number of nitrogens with zero attached hydrogens (tertiary/aromatic N) is 1. The summed E-state index contributed by atoms with van der Waals surface area (Å²) in [6.45, 7) is 3.81. The summed E-state index contributed by atoms with van der Waals surface area (Å²) in [5, 5.41) is 9.15. The highest BCUT2D eigenvalue weighted by molar-refractivity contribution is 5.67. The molecule has 0 bridgehead atoms. The molecule has 0 amide bonds. The van der Waals surface area contributed by atoms with Gasteiger partial charge in [0.1, 0.15) is 17.6 Å². The highest BCUT2D eigenvalue weighted by Gasteiger charge is 2.08. The monoisotopic (exact) mass is 255 g/mol. The number of benzene rings is 2. The summed E-state index contributed by atoms with van der Waals surface area (Å²) in [5.74, 6) is 0.260. The van der Waals surface area contributed by atoms with E-state index in [0.29, 0.717) is 11.3 Å². The predicted octanol–water partition coefficient (Wildman–Crippen LogP) is 4.15. The summed E-state index contributed by atoms with van der Waals surface area (Å²) in [4.78, 5) is 0. The molecule has 2 aromatic carbocycles. The quantitative estimate of drug-likeness (QED) is 0.825. The molecule has 2 rings (SSSR count). The van der Waals surface area contributed by atoms with E-state index < -0.39 is 0 Å². The molecule has 0 saturated heterocycles. The molecule has 0 atom stereocenters. The first-order valence-corrected chi connectivity index (χ1v) is 6.07. The Hall–Kier alpha value is -2.34. The topological polar surface area (TPSA) is 33.0 Å². The van der Waals surface area contributed by atoms with Crippen LogP contribution in [0.1, 0.15) is 19.4 Å². The van der Waals surface area contributed by atoms with Gasteiger partial charge in [-0.25, -0.2) is 4.39 Å². The minimum absolute atomic E-state index is 0.00659. The van der Waals surface area contributed by atoms with Crippen LogP contribution in [0.3, 0.4) is 0 Å². The van der Waals surface area contributed by atoms with E-state index in [9.17, 15) is 4.39 Å². The van der Waals surface area contributed by atoms with Gasteiger partial charge in [0, 0.05) is 0 Å². The third kappa shape index (κ3) is 3.11. The van der Waals surface area contributed by atoms with Crippen LogP contribution in [0.15, 0.2) is 42.5 Å². The fourth-order valence-electron chi connectivity index (χ4n) is 1.82. The third-order valence-corrected chi connectivity index (χ3v) is 2.62. The Labute approximate surface area is 112 Å². The zero-order valence-corrected chi connectivity index (χ0v) is 10.9. The molecule has 0 aliphatic carbocycles. The molecule has 0 aliphatic rings. The van der Waals surface area contributed by atoms with Gasteiger partial charge in [-0.2, -0.15) is 5.26 Å². The Kier molecular flexibility index (Phi) is 3.82. The lowest BCUT2D eigenvalue weighted by Gasteiger charge is -2.12. The van der Waals surface area contributed by atoms with Gasteiger partial charge in [0.2, 0.25) is 0 Å². The van der Waals surface area contributed by atoms with Crippen molar-refractivity contribution in [1.29, 1.82) is 5.26 Å². The van der Waals surface area contributed by atoms with Crippen LogP contribution >= 0.6 is 0 Å². The highest BCUT2D eigenvalue weighted by Crippen LogP contribution is 2.27. The second-order valence-corrected chi connectivity index (χ2v) is 4.50. The Balaban J connectivity index is 2.42. The van der Waals surface area contributed by atoms with Crippen molar-refractivity contribution in [1.82, 2.24) is 0 Å². The Morgan fingerprint density at radius 2 is 1.84 bits per heavy atom. The minimum Gasteiger partial charge on any atom is -0.490 e. The standard InChI is InChI=1S/C16H14FNO/c1-11(2)19-16-7-6-13(8-14(16)10-18)12-4-3-5-15(17)9-12/h3-9,11H,1-2H3. The lowest BCUT2D eigenvalue weighted by molar-refractivity contribution is 0.242. The molecule has 2 nitrogen and oxygen atoms in total. The second-order valence-electron chi connectivity index (χ2n) is 4.50. The summed E-state index contributed by atoms with van der Waals surface area (Å²) >= 11 is 0. The van der Waals surface area contributed by atoms with Crippen molar-refractivity contribution in [2.45, 2.75) is 20.0 Å². The maximum atomic E-state index is 13.2. The summed E-state index contributed by atoms with van der Waals surface area (Å²) in [6, 6.07) is 13.7. The number of rotatable bonds is 3. The van der Waals surface area contributed by atoms with Gasteiger partial charge >= 0.3 is 0 Å². The average molecular weight is 255 g/mol. The van der Waals surface area contributed by atoms with Gasteiger partial charge in [0.15, 0.2) is 0 Å². The van der Waals surface area contributed by atoms with E-state index in [2.05, 4.69) is 6.07 Å². The minimum atomic E-state index is -0.293. The molecule has 0 heterocycles. The Morgan fingerprint density at radius 1 is 1.11 bits per heavy atom. The zero-order valence-electron chi connectivity index (χ0n) is 10.9. The molecule has 0 aromatic heterocycles. The van der Waals surface area contributed by atoms with Crippen LogP contribution in [0.4, 0.5) is 4.39 Å². The highest BCUT2D eigenvalue weighted by atomic mass is 19.1. The normalized spacial score (nSPS) is 10.3. The first-order valence-electron chi connectivity index (χ1n) is 6.07. The zero-order chi connectivity index (χ0) is 13.8. The van der Waals surface area contributed by atoms with E-state index >= 15 is 0 Å².